The van der Waals surface area contributed by atoms with Gasteiger partial charge < -0.3 is 9.05 Å². The minimum atomic E-state index is -3.59. The number of hydrogen-bond donors (Lipinski definition) is 0. The minimum Gasteiger partial charge on any atom is -0.305 e. The van der Waals surface area contributed by atoms with Crippen LogP contribution in [0.2, 0.25) is 0 Å². The van der Waals surface area contributed by atoms with Gasteiger partial charge in [0.05, 0.1) is 18.7 Å². The normalized spacial score (nSPS) is 12.3. The van der Waals surface area contributed by atoms with Gasteiger partial charge in [0.15, 0.2) is 0 Å². The van der Waals surface area contributed by atoms with E-state index in [-0.39, 0.29) is 18.5 Å². The standard InChI is InChI=1S/C16H17N2O3P/c1-3-20-22(19,21-4-2)14(12-17)11-13-9-10-18-16-8-6-5-7-15(13)16/h5-11H,3-4H2,1-2H3/b14-11-. The summed E-state index contributed by atoms with van der Waals surface area (Å²) in [6.07, 6.45) is 3.20. The van der Waals surface area contributed by atoms with Crippen LogP contribution in [-0.4, -0.2) is 18.2 Å². The Morgan fingerprint density at radius 1 is 1.27 bits per heavy atom. The average Bonchev–Trinajstić information content (AvgIpc) is 2.53. The Labute approximate surface area is 129 Å². The van der Waals surface area contributed by atoms with Gasteiger partial charge in [-0.1, -0.05) is 18.2 Å². The number of nitriles is 1. The molecule has 0 saturated carbocycles. The van der Waals surface area contributed by atoms with E-state index in [1.807, 2.05) is 30.3 Å². The summed E-state index contributed by atoms with van der Waals surface area (Å²) in [5.41, 5.74) is 1.55. The second-order valence-electron chi connectivity index (χ2n) is 4.39. The van der Waals surface area contributed by atoms with Crippen LogP contribution in [0.3, 0.4) is 0 Å². The van der Waals surface area contributed by atoms with E-state index in [9.17, 15) is 9.83 Å². The number of fused-ring (bicyclic) bond motifs is 1. The van der Waals surface area contributed by atoms with Crippen LogP contribution in [-0.2, 0) is 13.6 Å². The Hall–Kier alpha value is -1.99. The van der Waals surface area contributed by atoms with Crippen molar-refractivity contribution in [3.63, 3.8) is 0 Å². The van der Waals surface area contributed by atoms with Crippen LogP contribution in [0, 0.1) is 11.3 Å². The molecule has 6 heteroatoms. The summed E-state index contributed by atoms with van der Waals surface area (Å²) < 4.78 is 23.2. The van der Waals surface area contributed by atoms with Crippen molar-refractivity contribution in [3.8, 4) is 6.07 Å². The average molecular weight is 316 g/mol. The van der Waals surface area contributed by atoms with Gasteiger partial charge in [0, 0.05) is 11.6 Å². The van der Waals surface area contributed by atoms with Crippen LogP contribution < -0.4 is 0 Å². The van der Waals surface area contributed by atoms with Crippen LogP contribution in [0.15, 0.2) is 41.8 Å². The van der Waals surface area contributed by atoms with Crippen molar-refractivity contribution in [2.45, 2.75) is 13.8 Å². The van der Waals surface area contributed by atoms with E-state index < -0.39 is 7.60 Å². The van der Waals surface area contributed by atoms with E-state index in [4.69, 9.17) is 9.05 Å². The van der Waals surface area contributed by atoms with E-state index in [1.165, 1.54) is 0 Å². The van der Waals surface area contributed by atoms with Crippen LogP contribution >= 0.6 is 7.60 Å². The molecular formula is C16H17N2O3P. The summed E-state index contributed by atoms with van der Waals surface area (Å²) in [7, 11) is -3.59. The van der Waals surface area contributed by atoms with E-state index >= 15 is 0 Å². The third-order valence-electron chi connectivity index (χ3n) is 2.98. The maximum Gasteiger partial charge on any atom is 0.371 e. The van der Waals surface area contributed by atoms with Crippen molar-refractivity contribution in [3.05, 3.63) is 47.4 Å². The second-order valence-corrected chi connectivity index (χ2v) is 6.38. The Morgan fingerprint density at radius 3 is 2.59 bits per heavy atom. The molecule has 0 spiro atoms. The first-order chi connectivity index (χ1) is 10.6. The van der Waals surface area contributed by atoms with E-state index in [2.05, 4.69) is 4.98 Å². The summed E-state index contributed by atoms with van der Waals surface area (Å²) in [5.74, 6) is 0. The van der Waals surface area contributed by atoms with Crippen LogP contribution in [0.5, 0.6) is 0 Å². The summed E-state index contributed by atoms with van der Waals surface area (Å²) in [4.78, 5) is 4.27. The Morgan fingerprint density at radius 2 is 1.95 bits per heavy atom. The fourth-order valence-corrected chi connectivity index (χ4v) is 3.53. The highest BCUT2D eigenvalue weighted by Gasteiger charge is 2.30. The molecule has 0 saturated heterocycles. The Balaban J connectivity index is 2.56. The molecule has 0 aliphatic carbocycles. The maximum atomic E-state index is 12.7. The van der Waals surface area contributed by atoms with Crippen molar-refractivity contribution >= 4 is 24.6 Å². The lowest BCUT2D eigenvalue weighted by atomic mass is 10.1. The van der Waals surface area contributed by atoms with E-state index in [1.54, 1.807) is 32.2 Å². The van der Waals surface area contributed by atoms with Crippen LogP contribution in [0.25, 0.3) is 17.0 Å². The molecule has 114 valence electrons. The maximum absolute atomic E-state index is 12.7. The van der Waals surface area contributed by atoms with E-state index in [0.29, 0.717) is 0 Å². The van der Waals surface area contributed by atoms with Gasteiger partial charge in [-0.3, -0.25) is 9.55 Å². The lowest BCUT2D eigenvalue weighted by Crippen LogP contribution is -1.98. The predicted octanol–water partition coefficient (Wildman–Crippen LogP) is 4.37. The molecule has 0 aliphatic heterocycles. The number of nitrogens with zero attached hydrogens (tertiary/aromatic N) is 2. The summed E-state index contributed by atoms with van der Waals surface area (Å²) in [5, 5.41) is 10.2. The molecule has 0 atom stereocenters. The summed E-state index contributed by atoms with van der Waals surface area (Å²) in [6.45, 7) is 3.83. The van der Waals surface area contributed by atoms with Crippen molar-refractivity contribution in [2.24, 2.45) is 0 Å². The number of hydrogen-bond acceptors (Lipinski definition) is 5. The lowest BCUT2D eigenvalue weighted by molar-refractivity contribution is 0.227. The number of aromatic nitrogens is 1. The summed E-state index contributed by atoms with van der Waals surface area (Å²) in [6, 6.07) is 11.3. The molecule has 0 aliphatic rings. The molecule has 0 unspecified atom stereocenters. The zero-order valence-corrected chi connectivity index (χ0v) is 13.4. The highest BCUT2D eigenvalue weighted by Crippen LogP contribution is 2.56. The SMILES string of the molecule is CCOP(=O)(OCC)/C(C#N)=C\c1ccnc2ccccc12. The first kappa shape index (κ1) is 16.4. The largest absolute Gasteiger partial charge is 0.371 e. The number of rotatable bonds is 6. The third kappa shape index (κ3) is 3.42. The fraction of sp³-hybridized carbons (Fsp3) is 0.250. The van der Waals surface area contributed by atoms with Crippen molar-refractivity contribution in [1.29, 1.82) is 5.26 Å². The zero-order valence-electron chi connectivity index (χ0n) is 12.5. The summed E-state index contributed by atoms with van der Waals surface area (Å²) >= 11 is 0. The zero-order chi connectivity index (χ0) is 16.0. The number of allylic oxidation sites excluding steroid dienone is 1. The van der Waals surface area contributed by atoms with Gasteiger partial charge >= 0.3 is 7.60 Å². The monoisotopic (exact) mass is 316 g/mol. The third-order valence-corrected chi connectivity index (χ3v) is 5.00. The van der Waals surface area contributed by atoms with Gasteiger partial charge in [0.1, 0.15) is 11.4 Å². The molecule has 5 nitrogen and oxygen atoms in total. The molecule has 0 fully saturated rings. The highest BCUT2D eigenvalue weighted by atomic mass is 31.2. The van der Waals surface area contributed by atoms with Crippen LogP contribution in [0.1, 0.15) is 19.4 Å². The molecular weight excluding hydrogens is 299 g/mol. The van der Waals surface area contributed by atoms with E-state index in [0.717, 1.165) is 16.5 Å². The Kier molecular flexibility index (Phi) is 5.46. The molecule has 0 N–H and O–H groups in total. The van der Waals surface area contributed by atoms with Gasteiger partial charge in [-0.2, -0.15) is 5.26 Å². The molecule has 0 bridgehead atoms. The first-order valence-corrected chi connectivity index (χ1v) is 8.54. The minimum absolute atomic E-state index is 0.00690. The van der Waals surface area contributed by atoms with Gasteiger partial charge in [-0.05, 0) is 37.6 Å². The highest BCUT2D eigenvalue weighted by molar-refractivity contribution is 7.59. The van der Waals surface area contributed by atoms with Gasteiger partial charge in [-0.25, -0.2) is 0 Å². The molecule has 1 aromatic carbocycles. The van der Waals surface area contributed by atoms with Crippen molar-refractivity contribution in [2.75, 3.05) is 13.2 Å². The van der Waals surface area contributed by atoms with Crippen LogP contribution in [0.4, 0.5) is 0 Å². The molecule has 0 radical (unpaired) electrons. The quantitative estimate of drug-likeness (QED) is 0.584. The molecule has 1 heterocycles. The smallest absolute Gasteiger partial charge is 0.305 e. The molecule has 2 rings (SSSR count). The number of para-hydroxylation sites is 1. The molecule has 22 heavy (non-hydrogen) atoms. The Bertz CT molecular complexity index is 765. The molecule has 0 amide bonds. The van der Waals surface area contributed by atoms with Crippen molar-refractivity contribution in [1.82, 2.24) is 4.98 Å². The second kappa shape index (κ2) is 7.33. The predicted molar refractivity (Wildman–Crippen MR) is 86.2 cm³/mol. The number of pyridine rings is 1. The first-order valence-electron chi connectivity index (χ1n) is 7.00. The topological polar surface area (TPSA) is 72.2 Å². The molecule has 1 aromatic heterocycles. The van der Waals surface area contributed by atoms with Gasteiger partial charge in [0.2, 0.25) is 0 Å². The fourth-order valence-electron chi connectivity index (χ4n) is 2.08. The lowest BCUT2D eigenvalue weighted by Gasteiger charge is -2.16. The van der Waals surface area contributed by atoms with Crippen molar-refractivity contribution < 1.29 is 13.6 Å². The molecule has 2 aromatic rings. The number of benzene rings is 1. The van der Waals surface area contributed by atoms with Gasteiger partial charge in [0.25, 0.3) is 0 Å². The van der Waals surface area contributed by atoms with Gasteiger partial charge in [-0.15, -0.1) is 0 Å².